The molecule has 1 aliphatic rings. The second-order valence-corrected chi connectivity index (χ2v) is 3.24. The monoisotopic (exact) mass is 194 g/mol. The molecule has 2 nitrogen and oxygen atoms in total. The van der Waals surface area contributed by atoms with Crippen LogP contribution < -0.4 is 0 Å². The average Bonchev–Trinajstić information content (AvgIpc) is 2.49. The molecule has 13 heavy (non-hydrogen) atoms. The molecule has 0 aromatic heterocycles. The maximum atomic E-state index is 5.97. The third-order valence-corrected chi connectivity index (χ3v) is 2.36. The van der Waals surface area contributed by atoms with Crippen molar-refractivity contribution in [2.75, 3.05) is 0 Å². The minimum absolute atomic E-state index is 0.233. The number of allylic oxidation sites excluding steroid dienone is 1. The van der Waals surface area contributed by atoms with E-state index in [1.165, 1.54) is 4.42 Å². The third kappa shape index (κ3) is 1.49. The molecule has 0 saturated carbocycles. The Labute approximate surface area is 82.5 Å². The zero-order valence-electron chi connectivity index (χ0n) is 7.20. The summed E-state index contributed by atoms with van der Waals surface area (Å²) in [6, 6.07) is 9.82. The molecule has 67 valence electrons. The van der Waals surface area contributed by atoms with Gasteiger partial charge in [0.2, 0.25) is 6.23 Å². The van der Waals surface area contributed by atoms with Crippen LogP contribution in [0.3, 0.4) is 0 Å². The molecule has 0 fully saturated rings. The average molecular weight is 195 g/mol. The van der Waals surface area contributed by atoms with Gasteiger partial charge in [0, 0.05) is 17.3 Å². The number of benzene rings is 1. The molecule has 0 N–H and O–H groups in total. The maximum Gasteiger partial charge on any atom is 0.212 e. The van der Waals surface area contributed by atoms with Gasteiger partial charge in [-0.25, -0.2) is 4.42 Å². The molecule has 1 aliphatic heterocycles. The van der Waals surface area contributed by atoms with Crippen LogP contribution in [0.15, 0.2) is 36.0 Å². The lowest BCUT2D eigenvalue weighted by molar-refractivity contribution is 0.0916. The van der Waals surface area contributed by atoms with E-state index >= 15 is 0 Å². The number of hydrogen-bond acceptors (Lipinski definition) is 2. The lowest BCUT2D eigenvalue weighted by Crippen LogP contribution is -2.12. The Hall–Kier alpha value is -1.15. The SMILES string of the molecule is CC1=[C]OC(c2ccccc2)N1Cl. The van der Waals surface area contributed by atoms with Gasteiger partial charge in [-0.2, -0.15) is 0 Å². The molecule has 1 aromatic rings. The van der Waals surface area contributed by atoms with Crippen molar-refractivity contribution in [3.63, 3.8) is 0 Å². The van der Waals surface area contributed by atoms with Gasteiger partial charge < -0.3 is 4.74 Å². The first-order chi connectivity index (χ1) is 6.29. The van der Waals surface area contributed by atoms with Gasteiger partial charge in [0.15, 0.2) is 6.26 Å². The Morgan fingerprint density at radius 2 is 2.08 bits per heavy atom. The predicted molar refractivity (Wildman–Crippen MR) is 50.4 cm³/mol. The first-order valence-electron chi connectivity index (χ1n) is 4.04. The summed E-state index contributed by atoms with van der Waals surface area (Å²) in [4.78, 5) is 0. The fourth-order valence-electron chi connectivity index (χ4n) is 1.22. The van der Waals surface area contributed by atoms with Crippen molar-refractivity contribution in [3.05, 3.63) is 47.9 Å². The topological polar surface area (TPSA) is 12.5 Å². The van der Waals surface area contributed by atoms with E-state index in [-0.39, 0.29) is 6.23 Å². The molecule has 0 saturated heterocycles. The number of rotatable bonds is 1. The van der Waals surface area contributed by atoms with Crippen molar-refractivity contribution in [2.45, 2.75) is 13.2 Å². The van der Waals surface area contributed by atoms with Gasteiger partial charge in [-0.1, -0.05) is 30.3 Å². The molecule has 0 aliphatic carbocycles. The van der Waals surface area contributed by atoms with E-state index in [2.05, 4.69) is 6.26 Å². The van der Waals surface area contributed by atoms with E-state index in [4.69, 9.17) is 16.5 Å². The van der Waals surface area contributed by atoms with Crippen LogP contribution in [0, 0.1) is 6.26 Å². The van der Waals surface area contributed by atoms with Gasteiger partial charge in [0.25, 0.3) is 0 Å². The van der Waals surface area contributed by atoms with Gasteiger partial charge >= 0.3 is 0 Å². The zero-order chi connectivity index (χ0) is 9.26. The Morgan fingerprint density at radius 3 is 2.62 bits per heavy atom. The Balaban J connectivity index is 2.22. The number of hydrogen-bond donors (Lipinski definition) is 0. The molecule has 0 amide bonds. The van der Waals surface area contributed by atoms with Crippen LogP contribution in [0.25, 0.3) is 0 Å². The molecular weight excluding hydrogens is 186 g/mol. The van der Waals surface area contributed by atoms with Crippen molar-refractivity contribution in [1.29, 1.82) is 0 Å². The molecule has 1 heterocycles. The van der Waals surface area contributed by atoms with Crippen LogP contribution in [0.2, 0.25) is 0 Å². The van der Waals surface area contributed by atoms with Gasteiger partial charge in [-0.15, -0.1) is 0 Å². The van der Waals surface area contributed by atoms with Crippen LogP contribution in [-0.4, -0.2) is 4.42 Å². The Kier molecular flexibility index (Phi) is 2.15. The first kappa shape index (κ1) is 8.45. The smallest absolute Gasteiger partial charge is 0.212 e. The summed E-state index contributed by atoms with van der Waals surface area (Å²) >= 11 is 5.97. The highest BCUT2D eigenvalue weighted by molar-refractivity contribution is 6.14. The highest BCUT2D eigenvalue weighted by atomic mass is 35.5. The highest BCUT2D eigenvalue weighted by Gasteiger charge is 2.25. The summed E-state index contributed by atoms with van der Waals surface area (Å²) in [5.74, 6) is 0. The van der Waals surface area contributed by atoms with Crippen LogP contribution >= 0.6 is 11.8 Å². The zero-order valence-corrected chi connectivity index (χ0v) is 7.95. The molecular formula is C10H9ClNO. The molecule has 2 rings (SSSR count). The van der Waals surface area contributed by atoms with E-state index in [0.29, 0.717) is 0 Å². The van der Waals surface area contributed by atoms with Crippen molar-refractivity contribution in [3.8, 4) is 0 Å². The second-order valence-electron chi connectivity index (χ2n) is 2.88. The normalized spacial score (nSPS) is 21.2. The van der Waals surface area contributed by atoms with Crippen molar-refractivity contribution >= 4 is 11.8 Å². The summed E-state index contributed by atoms with van der Waals surface area (Å²) in [6.45, 7) is 1.86. The van der Waals surface area contributed by atoms with Crippen molar-refractivity contribution in [1.82, 2.24) is 4.42 Å². The van der Waals surface area contributed by atoms with E-state index in [1.807, 2.05) is 37.3 Å². The van der Waals surface area contributed by atoms with Gasteiger partial charge in [0.1, 0.15) is 0 Å². The lowest BCUT2D eigenvalue weighted by Gasteiger charge is -2.18. The molecule has 1 atom stereocenters. The minimum Gasteiger partial charge on any atom is -0.459 e. The van der Waals surface area contributed by atoms with E-state index < -0.39 is 0 Å². The maximum absolute atomic E-state index is 5.97. The summed E-state index contributed by atoms with van der Waals surface area (Å²) in [6.07, 6.45) is 2.49. The van der Waals surface area contributed by atoms with Crippen LogP contribution in [0.5, 0.6) is 0 Å². The van der Waals surface area contributed by atoms with Crippen LogP contribution in [-0.2, 0) is 4.74 Å². The van der Waals surface area contributed by atoms with Gasteiger partial charge in [-0.3, -0.25) is 0 Å². The molecule has 1 aromatic carbocycles. The minimum atomic E-state index is -0.233. The van der Waals surface area contributed by atoms with Gasteiger partial charge in [0.05, 0.1) is 5.70 Å². The van der Waals surface area contributed by atoms with E-state index in [1.54, 1.807) is 0 Å². The molecule has 1 unspecified atom stereocenters. The molecule has 1 radical (unpaired) electrons. The first-order valence-corrected chi connectivity index (χ1v) is 4.38. The predicted octanol–water partition coefficient (Wildman–Crippen LogP) is 2.84. The summed E-state index contributed by atoms with van der Waals surface area (Å²) in [5.41, 5.74) is 1.83. The number of ether oxygens (including phenoxy) is 1. The largest absolute Gasteiger partial charge is 0.459 e. The third-order valence-electron chi connectivity index (χ3n) is 1.93. The quantitative estimate of drug-likeness (QED) is 0.638. The van der Waals surface area contributed by atoms with Crippen LogP contribution in [0.4, 0.5) is 0 Å². The summed E-state index contributed by atoms with van der Waals surface area (Å²) < 4.78 is 6.81. The van der Waals surface area contributed by atoms with E-state index in [0.717, 1.165) is 11.3 Å². The van der Waals surface area contributed by atoms with Crippen LogP contribution in [0.1, 0.15) is 18.7 Å². The van der Waals surface area contributed by atoms with E-state index in [9.17, 15) is 0 Å². The van der Waals surface area contributed by atoms with Crippen molar-refractivity contribution < 1.29 is 4.74 Å². The highest BCUT2D eigenvalue weighted by Crippen LogP contribution is 2.32. The Bertz CT molecular complexity index is 323. The molecule has 3 heteroatoms. The van der Waals surface area contributed by atoms with Gasteiger partial charge in [-0.05, 0) is 6.92 Å². The number of nitrogens with zero attached hydrogens (tertiary/aromatic N) is 1. The summed E-state index contributed by atoms with van der Waals surface area (Å²) in [5, 5.41) is 0. The standard InChI is InChI=1S/C10H9ClNO/c1-8-7-13-10(12(8)11)9-5-3-2-4-6-9/h2-6,10H,1H3. The molecule has 0 bridgehead atoms. The fourth-order valence-corrected chi connectivity index (χ4v) is 1.41. The number of halogens is 1. The molecule has 0 spiro atoms. The lowest BCUT2D eigenvalue weighted by atomic mass is 10.2. The summed E-state index contributed by atoms with van der Waals surface area (Å²) in [7, 11) is 0. The second kappa shape index (κ2) is 3.30. The Morgan fingerprint density at radius 1 is 1.38 bits per heavy atom. The fraction of sp³-hybridized carbons (Fsp3) is 0.200. The van der Waals surface area contributed by atoms with Crippen molar-refractivity contribution in [2.24, 2.45) is 0 Å².